The Balaban J connectivity index is 1.89. The van der Waals surface area contributed by atoms with Gasteiger partial charge in [-0.15, -0.1) is 23.2 Å². The zero-order valence-corrected chi connectivity index (χ0v) is 17.8. The number of hydrogen-bond donors (Lipinski definition) is 2. The predicted octanol–water partition coefficient (Wildman–Crippen LogP) is 6.90. The molecule has 2 unspecified atom stereocenters. The van der Waals surface area contributed by atoms with E-state index in [1.54, 1.807) is 12.1 Å². The third-order valence-corrected chi connectivity index (χ3v) is 6.20. The van der Waals surface area contributed by atoms with Gasteiger partial charge in [-0.05, 0) is 48.7 Å². The summed E-state index contributed by atoms with van der Waals surface area (Å²) in [6, 6.07) is 7.54. The maximum Gasteiger partial charge on any atom is 0.419 e. The molecule has 0 aliphatic heterocycles. The van der Waals surface area contributed by atoms with Crippen molar-refractivity contribution in [2.75, 3.05) is 5.32 Å². The number of anilines is 1. The lowest BCUT2D eigenvalue weighted by Gasteiger charge is -2.14. The van der Waals surface area contributed by atoms with Gasteiger partial charge < -0.3 is 11.1 Å². The van der Waals surface area contributed by atoms with Crippen LogP contribution in [-0.2, 0) is 6.18 Å². The molecule has 3 N–H and O–H groups in total. The Labute approximate surface area is 182 Å². The fourth-order valence-corrected chi connectivity index (χ4v) is 4.56. The molecule has 1 fully saturated rings. The first-order chi connectivity index (χ1) is 13.7. The molecule has 160 valence electrons. The van der Waals surface area contributed by atoms with E-state index in [0.29, 0.717) is 17.1 Å². The van der Waals surface area contributed by atoms with E-state index in [-0.39, 0.29) is 11.1 Å². The van der Waals surface area contributed by atoms with E-state index in [0.717, 1.165) is 17.2 Å². The van der Waals surface area contributed by atoms with Crippen molar-refractivity contribution < 1.29 is 17.6 Å². The highest BCUT2D eigenvalue weighted by molar-refractivity contribution is 6.52. The Morgan fingerprint density at radius 1 is 1.10 bits per heavy atom. The molecule has 0 aromatic heterocycles. The molecule has 0 radical (unpaired) electrons. The first-order valence-electron chi connectivity index (χ1n) is 9.01. The van der Waals surface area contributed by atoms with Gasteiger partial charge in [0, 0.05) is 34.5 Å². The van der Waals surface area contributed by atoms with Crippen LogP contribution < -0.4 is 11.1 Å². The van der Waals surface area contributed by atoms with Gasteiger partial charge in [-0.2, -0.15) is 13.2 Å². The van der Waals surface area contributed by atoms with Gasteiger partial charge in [0.15, 0.2) is 0 Å². The highest BCUT2D eigenvalue weighted by Crippen LogP contribution is 2.67. The van der Waals surface area contributed by atoms with Crippen LogP contribution in [0.2, 0.25) is 0 Å². The van der Waals surface area contributed by atoms with Gasteiger partial charge >= 0.3 is 6.18 Å². The van der Waals surface area contributed by atoms with Crippen molar-refractivity contribution in [3.8, 4) is 0 Å². The second-order valence-corrected chi connectivity index (χ2v) is 8.98. The molecule has 8 heteroatoms. The number of alkyl halides is 5. The monoisotopic (exact) mass is 458 g/mol. The summed E-state index contributed by atoms with van der Waals surface area (Å²) in [5.74, 6) is -2.54. The molecule has 30 heavy (non-hydrogen) atoms. The molecule has 1 saturated carbocycles. The van der Waals surface area contributed by atoms with Gasteiger partial charge in [-0.25, -0.2) is 4.39 Å². The zero-order valence-electron chi connectivity index (χ0n) is 16.3. The van der Waals surface area contributed by atoms with Crippen molar-refractivity contribution in [1.29, 1.82) is 0 Å². The summed E-state index contributed by atoms with van der Waals surface area (Å²) in [6.07, 6.45) is -4.82. The highest BCUT2D eigenvalue weighted by Gasteiger charge is 2.65. The number of hydrogen-bond acceptors (Lipinski definition) is 2. The third kappa shape index (κ3) is 4.03. The summed E-state index contributed by atoms with van der Waals surface area (Å²) in [6.45, 7) is 10.9. The zero-order chi connectivity index (χ0) is 22.6. The number of nitrogens with two attached hydrogens (primary N) is 1. The molecule has 0 spiro atoms. The van der Waals surface area contributed by atoms with E-state index in [1.165, 1.54) is 13.0 Å². The van der Waals surface area contributed by atoms with Gasteiger partial charge in [0.05, 0.1) is 5.56 Å². The topological polar surface area (TPSA) is 38.0 Å². The quantitative estimate of drug-likeness (QED) is 0.377. The molecule has 0 bridgehead atoms. The summed E-state index contributed by atoms with van der Waals surface area (Å²) < 4.78 is 52.3. The van der Waals surface area contributed by atoms with Crippen molar-refractivity contribution in [3.63, 3.8) is 0 Å². The molecule has 2 aromatic carbocycles. The number of allylic oxidation sites excluding steroid dienone is 1. The molecule has 2 aromatic rings. The molecular weight excluding hydrogens is 439 g/mol. The van der Waals surface area contributed by atoms with Crippen molar-refractivity contribution in [1.82, 2.24) is 0 Å². The minimum absolute atomic E-state index is 0.127. The second kappa shape index (κ2) is 7.50. The molecule has 0 amide bonds. The lowest BCUT2D eigenvalue weighted by Crippen LogP contribution is -2.10. The fraction of sp³-hybridized carbons (Fsp3) is 0.273. The van der Waals surface area contributed by atoms with Crippen molar-refractivity contribution >= 4 is 34.6 Å². The molecule has 1 aliphatic carbocycles. The van der Waals surface area contributed by atoms with Gasteiger partial charge in [0.1, 0.15) is 10.2 Å². The largest absolute Gasteiger partial charge is 0.419 e. The summed E-state index contributed by atoms with van der Waals surface area (Å²) in [5, 5.41) is 3.10. The highest BCUT2D eigenvalue weighted by atomic mass is 35.5. The Kier molecular flexibility index (Phi) is 5.63. The molecular formula is C22H20Cl2F4N2. The van der Waals surface area contributed by atoms with Crippen LogP contribution in [0.25, 0.3) is 5.70 Å². The predicted molar refractivity (Wildman–Crippen MR) is 114 cm³/mol. The van der Waals surface area contributed by atoms with Crippen LogP contribution in [0.4, 0.5) is 23.2 Å². The lowest BCUT2D eigenvalue weighted by molar-refractivity contribution is -0.140. The second-order valence-electron chi connectivity index (χ2n) is 7.53. The van der Waals surface area contributed by atoms with E-state index >= 15 is 0 Å². The van der Waals surface area contributed by atoms with E-state index in [9.17, 15) is 17.6 Å². The number of aryl methyl sites for hydroxylation is 2. The SMILES string of the molecule is C=C(N)c1cc(NC(=C)C2C(c3cc(C)c(F)c(C(F)(F)F)c3)C2(Cl)Cl)ccc1C. The normalized spacial score (nSPS) is 20.0. The van der Waals surface area contributed by atoms with E-state index in [4.69, 9.17) is 28.9 Å². The van der Waals surface area contributed by atoms with Gasteiger partial charge in [-0.3, -0.25) is 0 Å². The Morgan fingerprint density at radius 3 is 2.30 bits per heavy atom. The Hall–Kier alpha value is -2.18. The first kappa shape index (κ1) is 22.5. The Morgan fingerprint density at radius 2 is 1.73 bits per heavy atom. The molecule has 3 rings (SSSR count). The fourth-order valence-electron chi connectivity index (χ4n) is 3.67. The van der Waals surface area contributed by atoms with Crippen molar-refractivity contribution in [2.45, 2.75) is 30.3 Å². The van der Waals surface area contributed by atoms with Crippen LogP contribution in [0.15, 0.2) is 49.2 Å². The van der Waals surface area contributed by atoms with E-state index in [1.807, 2.05) is 13.0 Å². The molecule has 0 heterocycles. The number of halogens is 6. The average molecular weight is 459 g/mol. The van der Waals surface area contributed by atoms with Crippen LogP contribution in [0.5, 0.6) is 0 Å². The van der Waals surface area contributed by atoms with Crippen LogP contribution in [0.1, 0.15) is 33.7 Å². The first-order valence-corrected chi connectivity index (χ1v) is 9.77. The van der Waals surface area contributed by atoms with Crippen LogP contribution >= 0.6 is 23.2 Å². The maximum atomic E-state index is 14.0. The molecule has 0 saturated heterocycles. The summed E-state index contributed by atoms with van der Waals surface area (Å²) in [5.41, 5.74) is 7.72. The van der Waals surface area contributed by atoms with Crippen molar-refractivity contribution in [2.24, 2.45) is 11.7 Å². The standard InChI is InChI=1S/C22H20Cl2F4N2/c1-10-5-6-15(9-16(10)12(3)29)30-13(4)18-19(21(18,23)24)14-7-11(2)20(25)17(8-14)22(26,27)28/h5-9,18-19,30H,3-4,29H2,1-2H3. The molecule has 1 aliphatic rings. The summed E-state index contributed by atoms with van der Waals surface area (Å²) >= 11 is 12.8. The summed E-state index contributed by atoms with van der Waals surface area (Å²) in [4.78, 5) is 0. The van der Waals surface area contributed by atoms with Crippen molar-refractivity contribution in [3.05, 3.63) is 82.8 Å². The maximum absolute atomic E-state index is 14.0. The Bertz CT molecular complexity index is 1040. The summed E-state index contributed by atoms with van der Waals surface area (Å²) in [7, 11) is 0. The van der Waals surface area contributed by atoms with Crippen LogP contribution in [0.3, 0.4) is 0 Å². The van der Waals surface area contributed by atoms with E-state index in [2.05, 4.69) is 18.5 Å². The van der Waals surface area contributed by atoms with Crippen LogP contribution in [0, 0.1) is 25.6 Å². The smallest absolute Gasteiger partial charge is 0.399 e. The number of rotatable bonds is 5. The minimum Gasteiger partial charge on any atom is -0.399 e. The van der Waals surface area contributed by atoms with Gasteiger partial charge in [0.2, 0.25) is 0 Å². The number of benzene rings is 2. The van der Waals surface area contributed by atoms with Crippen LogP contribution in [-0.4, -0.2) is 4.33 Å². The average Bonchev–Trinajstić information content (AvgIpc) is 3.20. The third-order valence-electron chi connectivity index (χ3n) is 5.26. The minimum atomic E-state index is -4.82. The van der Waals surface area contributed by atoms with E-state index < -0.39 is 33.7 Å². The lowest BCUT2D eigenvalue weighted by atomic mass is 10.0. The molecule has 2 nitrogen and oxygen atoms in total. The van der Waals surface area contributed by atoms with Gasteiger partial charge in [0.25, 0.3) is 0 Å². The van der Waals surface area contributed by atoms with Gasteiger partial charge in [-0.1, -0.05) is 25.3 Å². The molecule has 2 atom stereocenters. The number of nitrogens with one attached hydrogen (secondary N) is 1.